The number of carbonyl (C=O) groups is 1. The van der Waals surface area contributed by atoms with Gasteiger partial charge < -0.3 is 0 Å². The van der Waals surface area contributed by atoms with Crippen LogP contribution in [-0.2, 0) is 0 Å². The standard InChI is InChI=1S/C22H14FNO/c23-19-11-8-15(9-12-19)21(25)13-10-16-5-3-6-18-14-17-4-1-2-7-20(17)24-22(16)18/h1-14H/b13-10+. The van der Waals surface area contributed by atoms with Crippen molar-refractivity contribution in [3.05, 3.63) is 95.8 Å². The van der Waals surface area contributed by atoms with E-state index in [0.29, 0.717) is 5.56 Å². The van der Waals surface area contributed by atoms with Crippen LogP contribution in [0.5, 0.6) is 0 Å². The summed E-state index contributed by atoms with van der Waals surface area (Å²) >= 11 is 0. The molecule has 4 rings (SSSR count). The Morgan fingerprint density at radius 3 is 2.48 bits per heavy atom. The SMILES string of the molecule is O=C(/C=C/c1cccc2cc3ccccc3nc12)c1ccc(F)cc1. The molecule has 0 atom stereocenters. The normalized spacial score (nSPS) is 11.4. The van der Waals surface area contributed by atoms with Gasteiger partial charge in [-0.25, -0.2) is 9.37 Å². The van der Waals surface area contributed by atoms with E-state index in [1.54, 1.807) is 6.08 Å². The lowest BCUT2D eigenvalue weighted by Gasteiger charge is -2.04. The van der Waals surface area contributed by atoms with E-state index in [1.807, 2.05) is 42.5 Å². The third-order valence-corrected chi connectivity index (χ3v) is 4.12. The molecule has 0 amide bonds. The molecule has 0 unspecified atom stereocenters. The number of nitrogens with zero attached hydrogens (tertiary/aromatic N) is 1. The van der Waals surface area contributed by atoms with Crippen molar-refractivity contribution in [2.24, 2.45) is 0 Å². The number of hydrogen-bond donors (Lipinski definition) is 0. The van der Waals surface area contributed by atoms with Gasteiger partial charge in [-0.05, 0) is 48.6 Å². The summed E-state index contributed by atoms with van der Waals surface area (Å²) in [5.41, 5.74) is 3.10. The van der Waals surface area contributed by atoms with E-state index < -0.39 is 0 Å². The van der Waals surface area contributed by atoms with Crippen molar-refractivity contribution in [2.75, 3.05) is 0 Å². The molecule has 0 radical (unpaired) electrons. The van der Waals surface area contributed by atoms with Crippen molar-refractivity contribution >= 4 is 33.7 Å². The summed E-state index contributed by atoms with van der Waals surface area (Å²) in [6.45, 7) is 0. The van der Waals surface area contributed by atoms with Crippen LogP contribution < -0.4 is 0 Å². The lowest BCUT2D eigenvalue weighted by Crippen LogP contribution is -1.94. The Kier molecular flexibility index (Phi) is 3.82. The lowest BCUT2D eigenvalue weighted by atomic mass is 10.1. The highest BCUT2D eigenvalue weighted by atomic mass is 19.1. The maximum Gasteiger partial charge on any atom is 0.185 e. The molecule has 1 heterocycles. The maximum absolute atomic E-state index is 13.0. The zero-order valence-electron chi connectivity index (χ0n) is 13.3. The monoisotopic (exact) mass is 327 g/mol. The van der Waals surface area contributed by atoms with Crippen LogP contribution in [0, 0.1) is 5.82 Å². The third kappa shape index (κ3) is 3.04. The largest absolute Gasteiger partial charge is 0.289 e. The average molecular weight is 327 g/mol. The number of pyridine rings is 1. The molecule has 2 nitrogen and oxygen atoms in total. The van der Waals surface area contributed by atoms with Crippen LogP contribution >= 0.6 is 0 Å². The number of carbonyl (C=O) groups excluding carboxylic acids is 1. The molecule has 25 heavy (non-hydrogen) atoms. The number of hydrogen-bond acceptors (Lipinski definition) is 2. The van der Waals surface area contributed by atoms with Gasteiger partial charge in [0, 0.05) is 21.9 Å². The van der Waals surface area contributed by atoms with E-state index in [1.165, 1.54) is 30.3 Å². The second kappa shape index (κ2) is 6.29. The minimum Gasteiger partial charge on any atom is -0.289 e. The van der Waals surface area contributed by atoms with Crippen molar-refractivity contribution < 1.29 is 9.18 Å². The molecule has 1 aromatic heterocycles. The van der Waals surface area contributed by atoms with Crippen LogP contribution in [0.2, 0.25) is 0 Å². The zero-order valence-corrected chi connectivity index (χ0v) is 13.3. The maximum atomic E-state index is 13.0. The fourth-order valence-electron chi connectivity index (χ4n) is 2.84. The van der Waals surface area contributed by atoms with Gasteiger partial charge in [-0.15, -0.1) is 0 Å². The minimum atomic E-state index is -0.356. The predicted molar refractivity (Wildman–Crippen MR) is 99.0 cm³/mol. The highest BCUT2D eigenvalue weighted by Crippen LogP contribution is 2.23. The van der Waals surface area contributed by atoms with Crippen molar-refractivity contribution in [3.8, 4) is 0 Å². The van der Waals surface area contributed by atoms with Gasteiger partial charge in [-0.2, -0.15) is 0 Å². The number of fused-ring (bicyclic) bond motifs is 2. The second-order valence-electron chi connectivity index (χ2n) is 5.80. The van der Waals surface area contributed by atoms with Crippen LogP contribution in [0.1, 0.15) is 15.9 Å². The van der Waals surface area contributed by atoms with Gasteiger partial charge in [-0.3, -0.25) is 4.79 Å². The molecule has 0 N–H and O–H groups in total. The number of rotatable bonds is 3. The molecule has 0 fully saturated rings. The summed E-state index contributed by atoms with van der Waals surface area (Å²) in [5.74, 6) is -0.525. The molecular formula is C22H14FNO. The second-order valence-corrected chi connectivity index (χ2v) is 5.80. The van der Waals surface area contributed by atoms with Crippen LogP contribution in [-0.4, -0.2) is 10.8 Å². The molecule has 0 bridgehead atoms. The first-order valence-electron chi connectivity index (χ1n) is 7.97. The fraction of sp³-hybridized carbons (Fsp3) is 0. The molecule has 4 aromatic rings. The summed E-state index contributed by atoms with van der Waals surface area (Å²) in [6, 6.07) is 21.5. The molecule has 0 aliphatic heterocycles. The van der Waals surface area contributed by atoms with Gasteiger partial charge >= 0.3 is 0 Å². The highest BCUT2D eigenvalue weighted by molar-refractivity contribution is 6.08. The number of halogens is 1. The van der Waals surface area contributed by atoms with E-state index in [2.05, 4.69) is 6.07 Å². The quantitative estimate of drug-likeness (QED) is 0.285. The number of allylic oxidation sites excluding steroid dienone is 1. The van der Waals surface area contributed by atoms with Gasteiger partial charge in [0.15, 0.2) is 5.78 Å². The van der Waals surface area contributed by atoms with E-state index in [9.17, 15) is 9.18 Å². The lowest BCUT2D eigenvalue weighted by molar-refractivity contribution is 0.104. The molecule has 120 valence electrons. The van der Waals surface area contributed by atoms with Gasteiger partial charge in [0.25, 0.3) is 0 Å². The van der Waals surface area contributed by atoms with Gasteiger partial charge in [-0.1, -0.05) is 36.4 Å². The smallest absolute Gasteiger partial charge is 0.185 e. The van der Waals surface area contributed by atoms with Crippen molar-refractivity contribution in [1.82, 2.24) is 4.98 Å². The minimum absolute atomic E-state index is 0.169. The Balaban J connectivity index is 1.74. The summed E-state index contributed by atoms with van der Waals surface area (Å²) in [5, 5.41) is 2.11. The Bertz CT molecular complexity index is 1110. The zero-order chi connectivity index (χ0) is 17.2. The van der Waals surface area contributed by atoms with E-state index >= 15 is 0 Å². The fourth-order valence-corrected chi connectivity index (χ4v) is 2.84. The van der Waals surface area contributed by atoms with E-state index in [0.717, 1.165) is 27.4 Å². The van der Waals surface area contributed by atoms with E-state index in [-0.39, 0.29) is 11.6 Å². The van der Waals surface area contributed by atoms with Crippen molar-refractivity contribution in [1.29, 1.82) is 0 Å². The van der Waals surface area contributed by atoms with Gasteiger partial charge in [0.2, 0.25) is 0 Å². The number of aromatic nitrogens is 1. The number of ketones is 1. The molecule has 0 aliphatic rings. The number of benzene rings is 3. The van der Waals surface area contributed by atoms with Crippen LogP contribution in [0.25, 0.3) is 27.9 Å². The molecule has 0 aliphatic carbocycles. The Hall–Kier alpha value is -3.33. The Labute approximate surface area is 144 Å². The molecule has 0 saturated heterocycles. The van der Waals surface area contributed by atoms with Crippen LogP contribution in [0.4, 0.5) is 4.39 Å². The number of para-hydroxylation sites is 2. The average Bonchev–Trinajstić information content (AvgIpc) is 2.65. The first kappa shape index (κ1) is 15.2. The van der Waals surface area contributed by atoms with Gasteiger partial charge in [0.05, 0.1) is 11.0 Å². The topological polar surface area (TPSA) is 30.0 Å². The van der Waals surface area contributed by atoms with Gasteiger partial charge in [0.1, 0.15) is 5.82 Å². The predicted octanol–water partition coefficient (Wildman–Crippen LogP) is 5.42. The molecule has 0 saturated carbocycles. The van der Waals surface area contributed by atoms with Crippen LogP contribution in [0.3, 0.4) is 0 Å². The van der Waals surface area contributed by atoms with Crippen molar-refractivity contribution in [2.45, 2.75) is 0 Å². The Morgan fingerprint density at radius 2 is 1.64 bits per heavy atom. The molecule has 3 heteroatoms. The first-order chi connectivity index (χ1) is 12.2. The van der Waals surface area contributed by atoms with E-state index in [4.69, 9.17) is 4.98 Å². The first-order valence-corrected chi connectivity index (χ1v) is 7.97. The summed E-state index contributed by atoms with van der Waals surface area (Å²) < 4.78 is 13.0. The Morgan fingerprint density at radius 1 is 0.880 bits per heavy atom. The molecule has 0 spiro atoms. The molecular weight excluding hydrogens is 313 g/mol. The highest BCUT2D eigenvalue weighted by Gasteiger charge is 2.05. The van der Waals surface area contributed by atoms with Crippen molar-refractivity contribution in [3.63, 3.8) is 0 Å². The molecule has 3 aromatic carbocycles. The van der Waals surface area contributed by atoms with Crippen LogP contribution in [0.15, 0.2) is 78.9 Å². The summed E-state index contributed by atoms with van der Waals surface area (Å²) in [7, 11) is 0. The third-order valence-electron chi connectivity index (χ3n) is 4.12. The summed E-state index contributed by atoms with van der Waals surface area (Å²) in [6.07, 6.45) is 3.26. The summed E-state index contributed by atoms with van der Waals surface area (Å²) in [4.78, 5) is 17.0.